The standard InChI is InChI=1S/C26H21N5O4S/c1-16-17(2)30-35-26(16)31-36(33,34)19-12-10-18(11-13-19)28-25(32)21-15-24(23-9-5-6-14-27-23)29-22-8-4-3-7-20(21)22/h3-15,31H,1-2H3,(H,28,32). The van der Waals surface area contributed by atoms with Crippen molar-refractivity contribution in [1.29, 1.82) is 0 Å². The van der Waals surface area contributed by atoms with E-state index in [9.17, 15) is 13.2 Å². The average molecular weight is 500 g/mol. The second kappa shape index (κ2) is 9.23. The Morgan fingerprint density at radius 3 is 2.36 bits per heavy atom. The first-order valence-corrected chi connectivity index (χ1v) is 12.5. The van der Waals surface area contributed by atoms with Crippen LogP contribution < -0.4 is 10.0 Å². The number of amides is 1. The average Bonchev–Trinajstić information content (AvgIpc) is 3.20. The Labute approximate surface area is 207 Å². The number of pyridine rings is 2. The summed E-state index contributed by atoms with van der Waals surface area (Å²) in [4.78, 5) is 22.3. The molecule has 9 nitrogen and oxygen atoms in total. The van der Waals surface area contributed by atoms with Crippen molar-refractivity contribution in [3.05, 3.63) is 95.8 Å². The number of fused-ring (bicyclic) bond motifs is 1. The maximum atomic E-state index is 13.3. The molecule has 10 heteroatoms. The summed E-state index contributed by atoms with van der Waals surface area (Å²) in [5.41, 5.74) is 3.96. The SMILES string of the molecule is Cc1noc(NS(=O)(=O)c2ccc(NC(=O)c3cc(-c4ccccn4)nc4ccccc34)cc2)c1C. The Bertz CT molecular complexity index is 1680. The van der Waals surface area contributed by atoms with Crippen molar-refractivity contribution >= 4 is 38.4 Å². The van der Waals surface area contributed by atoms with E-state index < -0.39 is 10.0 Å². The van der Waals surface area contributed by atoms with Crippen molar-refractivity contribution in [2.24, 2.45) is 0 Å². The summed E-state index contributed by atoms with van der Waals surface area (Å²) in [6, 6.07) is 20.4. The smallest absolute Gasteiger partial charge is 0.264 e. The van der Waals surface area contributed by atoms with E-state index in [0.717, 1.165) is 0 Å². The molecule has 0 aliphatic heterocycles. The molecule has 0 saturated heterocycles. The molecule has 1 amide bonds. The lowest BCUT2D eigenvalue weighted by molar-refractivity contribution is 0.102. The summed E-state index contributed by atoms with van der Waals surface area (Å²) in [5, 5.41) is 7.29. The van der Waals surface area contributed by atoms with Gasteiger partial charge in [0.2, 0.25) is 5.88 Å². The third kappa shape index (κ3) is 4.53. The van der Waals surface area contributed by atoms with Gasteiger partial charge >= 0.3 is 0 Å². The number of nitrogens with zero attached hydrogens (tertiary/aromatic N) is 3. The second-order valence-electron chi connectivity index (χ2n) is 8.09. The number of aryl methyl sites for hydroxylation is 1. The zero-order valence-corrected chi connectivity index (χ0v) is 20.2. The quantitative estimate of drug-likeness (QED) is 0.338. The van der Waals surface area contributed by atoms with Crippen LogP contribution >= 0.6 is 0 Å². The van der Waals surface area contributed by atoms with E-state index in [2.05, 4.69) is 25.2 Å². The highest BCUT2D eigenvalue weighted by molar-refractivity contribution is 7.92. The maximum absolute atomic E-state index is 13.3. The Balaban J connectivity index is 1.41. The number of rotatable bonds is 6. The molecule has 0 aliphatic carbocycles. The van der Waals surface area contributed by atoms with Crippen molar-refractivity contribution in [3.63, 3.8) is 0 Å². The van der Waals surface area contributed by atoms with E-state index in [4.69, 9.17) is 4.52 Å². The fraction of sp³-hybridized carbons (Fsp3) is 0.0769. The Kier molecular flexibility index (Phi) is 5.95. The van der Waals surface area contributed by atoms with Gasteiger partial charge in [0.05, 0.1) is 33.1 Å². The van der Waals surface area contributed by atoms with Crippen LogP contribution in [0.2, 0.25) is 0 Å². The van der Waals surface area contributed by atoms with Crippen molar-refractivity contribution in [2.45, 2.75) is 18.7 Å². The zero-order valence-electron chi connectivity index (χ0n) is 19.4. The Hall–Kier alpha value is -4.57. The first-order valence-electron chi connectivity index (χ1n) is 11.0. The molecule has 180 valence electrons. The molecule has 2 N–H and O–H groups in total. The van der Waals surface area contributed by atoms with Gasteiger partial charge in [-0.05, 0) is 62.4 Å². The molecule has 0 saturated carbocycles. The summed E-state index contributed by atoms with van der Waals surface area (Å²) in [5.74, 6) is -0.287. The van der Waals surface area contributed by atoms with Gasteiger partial charge in [-0.15, -0.1) is 0 Å². The molecule has 0 fully saturated rings. The number of aromatic nitrogens is 3. The van der Waals surface area contributed by atoms with E-state index in [0.29, 0.717) is 44.8 Å². The molecule has 2 aromatic carbocycles. The Morgan fingerprint density at radius 2 is 1.67 bits per heavy atom. The van der Waals surface area contributed by atoms with Gasteiger partial charge in [0, 0.05) is 22.8 Å². The van der Waals surface area contributed by atoms with E-state index in [1.165, 1.54) is 24.3 Å². The number of hydrogen-bond donors (Lipinski definition) is 2. The third-order valence-electron chi connectivity index (χ3n) is 5.69. The lowest BCUT2D eigenvalue weighted by atomic mass is 10.1. The van der Waals surface area contributed by atoms with Gasteiger partial charge in [-0.2, -0.15) is 0 Å². The number of anilines is 2. The predicted octanol–water partition coefficient (Wildman–Crippen LogP) is 4.95. The molecule has 0 radical (unpaired) electrons. The van der Waals surface area contributed by atoms with E-state index in [-0.39, 0.29) is 16.7 Å². The van der Waals surface area contributed by atoms with Gasteiger partial charge < -0.3 is 9.84 Å². The maximum Gasteiger partial charge on any atom is 0.264 e. The summed E-state index contributed by atoms with van der Waals surface area (Å²) in [6.45, 7) is 3.43. The highest BCUT2D eigenvalue weighted by atomic mass is 32.2. The lowest BCUT2D eigenvalue weighted by Crippen LogP contribution is -2.15. The van der Waals surface area contributed by atoms with Crippen LogP contribution in [0.1, 0.15) is 21.6 Å². The predicted molar refractivity (Wildman–Crippen MR) is 136 cm³/mol. The largest absolute Gasteiger partial charge is 0.337 e. The highest BCUT2D eigenvalue weighted by Crippen LogP contribution is 2.26. The number of nitrogens with one attached hydrogen (secondary N) is 2. The molecule has 0 bridgehead atoms. The van der Waals surface area contributed by atoms with Crippen molar-refractivity contribution in [1.82, 2.24) is 15.1 Å². The molecule has 5 rings (SSSR count). The molecule has 5 aromatic rings. The molecule has 3 heterocycles. The summed E-state index contributed by atoms with van der Waals surface area (Å²) in [6.07, 6.45) is 1.67. The van der Waals surface area contributed by atoms with E-state index >= 15 is 0 Å². The fourth-order valence-corrected chi connectivity index (χ4v) is 4.66. The van der Waals surface area contributed by atoms with Crippen LogP contribution in [0.5, 0.6) is 0 Å². The molecule has 0 spiro atoms. The van der Waals surface area contributed by atoms with Crippen molar-refractivity contribution in [3.8, 4) is 11.4 Å². The van der Waals surface area contributed by atoms with Crippen LogP contribution in [-0.4, -0.2) is 29.4 Å². The minimum Gasteiger partial charge on any atom is -0.337 e. The Morgan fingerprint density at radius 1 is 0.917 bits per heavy atom. The van der Waals surface area contributed by atoms with Crippen LogP contribution in [0.15, 0.2) is 88.4 Å². The van der Waals surface area contributed by atoms with E-state index in [1.807, 2.05) is 42.5 Å². The van der Waals surface area contributed by atoms with Gasteiger partial charge in [-0.3, -0.25) is 9.78 Å². The van der Waals surface area contributed by atoms with Crippen molar-refractivity contribution < 1.29 is 17.7 Å². The number of para-hydroxylation sites is 1. The number of sulfonamides is 1. The zero-order chi connectivity index (χ0) is 25.3. The van der Waals surface area contributed by atoms with Gasteiger partial charge in [-0.1, -0.05) is 29.4 Å². The molecular formula is C26H21N5O4S. The third-order valence-corrected chi connectivity index (χ3v) is 7.04. The van der Waals surface area contributed by atoms with Gasteiger partial charge in [0.25, 0.3) is 15.9 Å². The fourth-order valence-electron chi connectivity index (χ4n) is 3.62. The van der Waals surface area contributed by atoms with E-state index in [1.54, 1.807) is 26.1 Å². The van der Waals surface area contributed by atoms with Crippen LogP contribution in [-0.2, 0) is 10.0 Å². The molecule has 0 unspecified atom stereocenters. The van der Waals surface area contributed by atoms with Crippen LogP contribution in [0, 0.1) is 13.8 Å². The number of carbonyl (C=O) groups excluding carboxylic acids is 1. The molecule has 36 heavy (non-hydrogen) atoms. The van der Waals surface area contributed by atoms with Gasteiger partial charge in [-0.25, -0.2) is 18.1 Å². The van der Waals surface area contributed by atoms with Crippen LogP contribution in [0.3, 0.4) is 0 Å². The van der Waals surface area contributed by atoms with Crippen molar-refractivity contribution in [2.75, 3.05) is 10.0 Å². The monoisotopic (exact) mass is 499 g/mol. The lowest BCUT2D eigenvalue weighted by Gasteiger charge is -2.11. The second-order valence-corrected chi connectivity index (χ2v) is 9.78. The minimum absolute atomic E-state index is 0.0146. The van der Waals surface area contributed by atoms with Gasteiger partial charge in [0.1, 0.15) is 0 Å². The summed E-state index contributed by atoms with van der Waals surface area (Å²) >= 11 is 0. The molecule has 0 aliphatic rings. The molecular weight excluding hydrogens is 478 g/mol. The normalized spacial score (nSPS) is 11.4. The molecule has 3 aromatic heterocycles. The first kappa shape index (κ1) is 23.2. The first-order chi connectivity index (χ1) is 17.3. The summed E-state index contributed by atoms with van der Waals surface area (Å²) in [7, 11) is -3.90. The van der Waals surface area contributed by atoms with Gasteiger partial charge in [0.15, 0.2) is 0 Å². The summed E-state index contributed by atoms with van der Waals surface area (Å²) < 4.78 is 32.9. The van der Waals surface area contributed by atoms with Crippen LogP contribution in [0.25, 0.3) is 22.3 Å². The van der Waals surface area contributed by atoms with Crippen LogP contribution in [0.4, 0.5) is 11.6 Å². The number of carbonyl (C=O) groups is 1. The molecule has 0 atom stereocenters. The topological polar surface area (TPSA) is 127 Å². The minimum atomic E-state index is -3.90. The highest BCUT2D eigenvalue weighted by Gasteiger charge is 2.20. The number of benzene rings is 2. The number of hydrogen-bond acceptors (Lipinski definition) is 7.